The van der Waals surface area contributed by atoms with Crippen LogP contribution < -0.4 is 5.32 Å². The topological polar surface area (TPSA) is 91.7 Å². The van der Waals surface area contributed by atoms with Gasteiger partial charge < -0.3 is 10.2 Å². The number of rotatable bonds is 4. The van der Waals surface area contributed by atoms with Gasteiger partial charge in [-0.2, -0.15) is 10.2 Å². The predicted octanol–water partition coefficient (Wildman–Crippen LogP) is 1.03. The van der Waals surface area contributed by atoms with Gasteiger partial charge in [-0.3, -0.25) is 14.6 Å². The number of benzene rings is 1. The molecule has 0 saturated carbocycles. The van der Waals surface area contributed by atoms with Gasteiger partial charge in [-0.15, -0.1) is 0 Å². The lowest BCUT2D eigenvalue weighted by molar-refractivity contribution is 0.0935. The molecule has 1 fully saturated rings. The molecule has 0 radical (unpaired) electrons. The van der Waals surface area contributed by atoms with Gasteiger partial charge in [0.25, 0.3) is 5.91 Å². The lowest BCUT2D eigenvalue weighted by atomic mass is 10.0. The molecular weight excluding hydrogens is 330 g/mol. The number of likely N-dealkylation sites (tertiary alicyclic amines) is 1. The molecule has 8 nitrogen and oxygen atoms in total. The van der Waals surface area contributed by atoms with E-state index in [-0.39, 0.29) is 17.9 Å². The summed E-state index contributed by atoms with van der Waals surface area (Å²) < 4.78 is 1.62. The van der Waals surface area contributed by atoms with E-state index in [0.29, 0.717) is 11.4 Å². The molecular formula is C18H21N7O. The maximum atomic E-state index is 12.5. The molecule has 0 unspecified atom stereocenters. The molecule has 2 atom stereocenters. The molecule has 0 spiro atoms. The van der Waals surface area contributed by atoms with Crippen LogP contribution in [0, 0.1) is 0 Å². The van der Waals surface area contributed by atoms with Crippen molar-refractivity contribution in [1.29, 1.82) is 0 Å². The zero-order valence-electron chi connectivity index (χ0n) is 14.8. The number of hydrogen-bond donors (Lipinski definition) is 2. The minimum absolute atomic E-state index is 0.0377. The van der Waals surface area contributed by atoms with E-state index in [0.717, 1.165) is 24.5 Å². The fraction of sp³-hybridized carbons (Fsp3) is 0.333. The Morgan fingerprint density at radius 2 is 2.04 bits per heavy atom. The Bertz CT molecular complexity index is 901. The number of carbonyl (C=O) groups excluding carboxylic acids is 1. The lowest BCUT2D eigenvalue weighted by Gasteiger charge is -2.17. The average molecular weight is 351 g/mol. The van der Waals surface area contributed by atoms with E-state index in [9.17, 15) is 4.79 Å². The first-order valence-corrected chi connectivity index (χ1v) is 8.56. The van der Waals surface area contributed by atoms with Crippen molar-refractivity contribution >= 4 is 5.91 Å². The number of hydrogen-bond acceptors (Lipinski definition) is 5. The average Bonchev–Trinajstić information content (AvgIpc) is 3.35. The number of likely N-dealkylation sites (N-methyl/N-ethyl adjacent to an activating group) is 1. The lowest BCUT2D eigenvalue weighted by Crippen LogP contribution is -2.39. The van der Waals surface area contributed by atoms with Crippen LogP contribution in [-0.2, 0) is 7.05 Å². The summed E-state index contributed by atoms with van der Waals surface area (Å²) in [4.78, 5) is 19.3. The first-order valence-electron chi connectivity index (χ1n) is 8.56. The van der Waals surface area contributed by atoms with Gasteiger partial charge in [-0.1, -0.05) is 30.3 Å². The summed E-state index contributed by atoms with van der Waals surface area (Å²) >= 11 is 0. The van der Waals surface area contributed by atoms with Crippen molar-refractivity contribution in [3.8, 4) is 11.4 Å². The number of nitrogens with one attached hydrogen (secondary N) is 2. The second-order valence-corrected chi connectivity index (χ2v) is 6.72. The van der Waals surface area contributed by atoms with Crippen LogP contribution in [-0.4, -0.2) is 61.9 Å². The summed E-state index contributed by atoms with van der Waals surface area (Å²) in [6.45, 7) is 1.57. The third-order valence-electron chi connectivity index (χ3n) is 4.67. The van der Waals surface area contributed by atoms with E-state index in [2.05, 4.69) is 30.5 Å². The van der Waals surface area contributed by atoms with E-state index in [1.54, 1.807) is 24.1 Å². The molecule has 1 aliphatic heterocycles. The number of amides is 1. The molecule has 1 aromatic carbocycles. The predicted molar refractivity (Wildman–Crippen MR) is 96.5 cm³/mol. The molecule has 26 heavy (non-hydrogen) atoms. The third-order valence-corrected chi connectivity index (χ3v) is 4.67. The third kappa shape index (κ3) is 3.23. The summed E-state index contributed by atoms with van der Waals surface area (Å²) in [5.41, 5.74) is 1.53. The van der Waals surface area contributed by atoms with E-state index < -0.39 is 0 Å². The van der Waals surface area contributed by atoms with Gasteiger partial charge in [-0.25, -0.2) is 4.98 Å². The van der Waals surface area contributed by atoms with Crippen molar-refractivity contribution in [3.05, 3.63) is 54.1 Å². The molecule has 3 aromatic rings. The van der Waals surface area contributed by atoms with Crippen LogP contribution in [0.25, 0.3) is 11.4 Å². The van der Waals surface area contributed by atoms with Crippen LogP contribution in [0.5, 0.6) is 0 Å². The van der Waals surface area contributed by atoms with Crippen molar-refractivity contribution in [2.45, 2.75) is 12.0 Å². The zero-order valence-corrected chi connectivity index (χ0v) is 14.8. The quantitative estimate of drug-likeness (QED) is 0.733. The minimum atomic E-state index is -0.119. The maximum Gasteiger partial charge on any atom is 0.254 e. The van der Waals surface area contributed by atoms with Crippen LogP contribution in [0.3, 0.4) is 0 Å². The molecule has 4 rings (SSSR count). The van der Waals surface area contributed by atoms with Gasteiger partial charge in [-0.05, 0) is 7.05 Å². The Morgan fingerprint density at radius 3 is 2.77 bits per heavy atom. The largest absolute Gasteiger partial charge is 0.347 e. The van der Waals surface area contributed by atoms with Crippen molar-refractivity contribution in [3.63, 3.8) is 0 Å². The summed E-state index contributed by atoms with van der Waals surface area (Å²) in [6, 6.07) is 9.82. The Labute approximate surface area is 151 Å². The van der Waals surface area contributed by atoms with Crippen molar-refractivity contribution < 1.29 is 4.79 Å². The first kappa shape index (κ1) is 16.5. The second kappa shape index (κ2) is 6.72. The molecule has 1 amide bonds. The van der Waals surface area contributed by atoms with Crippen LogP contribution in [0.4, 0.5) is 0 Å². The Morgan fingerprint density at radius 1 is 1.23 bits per heavy atom. The van der Waals surface area contributed by atoms with Gasteiger partial charge in [0, 0.05) is 31.9 Å². The number of H-pyrrole nitrogens is 1. The highest BCUT2D eigenvalue weighted by Gasteiger charge is 2.35. The van der Waals surface area contributed by atoms with Crippen LogP contribution in [0.1, 0.15) is 22.1 Å². The van der Waals surface area contributed by atoms with Crippen molar-refractivity contribution in [1.82, 2.24) is 35.2 Å². The molecule has 1 aliphatic rings. The number of nitrogens with zero attached hydrogens (tertiary/aromatic N) is 5. The maximum absolute atomic E-state index is 12.5. The summed E-state index contributed by atoms with van der Waals surface area (Å²) in [5, 5.41) is 14.6. The fourth-order valence-corrected chi connectivity index (χ4v) is 3.37. The Balaban J connectivity index is 1.53. The summed E-state index contributed by atoms with van der Waals surface area (Å²) in [6.07, 6.45) is 3.29. The number of aromatic amines is 1. The van der Waals surface area contributed by atoms with Gasteiger partial charge in [0.15, 0.2) is 5.82 Å². The van der Waals surface area contributed by atoms with E-state index in [4.69, 9.17) is 0 Å². The molecule has 2 aromatic heterocycles. The van der Waals surface area contributed by atoms with Crippen LogP contribution in [0.15, 0.2) is 42.7 Å². The normalized spacial score (nSPS) is 20.4. The molecule has 3 heterocycles. The van der Waals surface area contributed by atoms with E-state index in [1.807, 2.05) is 37.4 Å². The highest BCUT2D eigenvalue weighted by molar-refractivity contribution is 5.94. The standard InChI is InChI=1S/C18H21N7O/c1-24-10-14(15(11-24)20-18(26)13-8-19-25(2)9-13)17-21-16(22-23-17)12-6-4-3-5-7-12/h3-9,14-15H,10-11H2,1-2H3,(H,20,26)(H,21,22,23)/t14-,15-/m1/s1. The van der Waals surface area contributed by atoms with Gasteiger partial charge in [0.1, 0.15) is 5.82 Å². The molecule has 0 bridgehead atoms. The second-order valence-electron chi connectivity index (χ2n) is 6.72. The summed E-state index contributed by atoms with van der Waals surface area (Å²) in [7, 11) is 3.83. The monoisotopic (exact) mass is 351 g/mol. The number of aromatic nitrogens is 5. The van der Waals surface area contributed by atoms with Gasteiger partial charge >= 0.3 is 0 Å². The molecule has 0 aliphatic carbocycles. The Kier molecular flexibility index (Phi) is 4.26. The molecule has 8 heteroatoms. The number of aryl methyl sites for hydroxylation is 1. The molecule has 2 N–H and O–H groups in total. The van der Waals surface area contributed by atoms with Crippen molar-refractivity contribution in [2.75, 3.05) is 20.1 Å². The number of carbonyl (C=O) groups is 1. The minimum Gasteiger partial charge on any atom is -0.347 e. The highest BCUT2D eigenvalue weighted by atomic mass is 16.1. The van der Waals surface area contributed by atoms with E-state index >= 15 is 0 Å². The zero-order chi connectivity index (χ0) is 18.1. The summed E-state index contributed by atoms with van der Waals surface area (Å²) in [5.74, 6) is 1.41. The SMILES string of the molecule is CN1C[C@@H](NC(=O)c2cnn(C)c2)[C@H](c2nc(-c3ccccc3)n[nH]2)C1. The molecule has 1 saturated heterocycles. The van der Waals surface area contributed by atoms with E-state index in [1.165, 1.54) is 0 Å². The smallest absolute Gasteiger partial charge is 0.254 e. The molecule has 134 valence electrons. The first-order chi connectivity index (χ1) is 12.6. The van der Waals surface area contributed by atoms with Crippen LogP contribution in [0.2, 0.25) is 0 Å². The fourth-order valence-electron chi connectivity index (χ4n) is 3.37. The Hall–Kier alpha value is -3.00. The van der Waals surface area contributed by atoms with Crippen molar-refractivity contribution in [2.24, 2.45) is 7.05 Å². The van der Waals surface area contributed by atoms with Crippen LogP contribution >= 0.6 is 0 Å². The van der Waals surface area contributed by atoms with Gasteiger partial charge in [0.05, 0.1) is 23.7 Å². The van der Waals surface area contributed by atoms with Gasteiger partial charge in [0.2, 0.25) is 0 Å². The highest BCUT2D eigenvalue weighted by Crippen LogP contribution is 2.26.